The lowest BCUT2D eigenvalue weighted by molar-refractivity contribution is -0.137. The van der Waals surface area contributed by atoms with Gasteiger partial charge in [-0.25, -0.2) is 4.79 Å². The van der Waals surface area contributed by atoms with Crippen molar-refractivity contribution in [1.82, 2.24) is 5.32 Å². The van der Waals surface area contributed by atoms with Crippen LogP contribution in [0.1, 0.15) is 18.4 Å². The molecule has 1 heterocycles. The van der Waals surface area contributed by atoms with E-state index >= 15 is 0 Å². The quantitative estimate of drug-likeness (QED) is 0.878. The second-order valence-electron chi connectivity index (χ2n) is 4.59. The van der Waals surface area contributed by atoms with Crippen LogP contribution < -0.4 is 10.6 Å². The van der Waals surface area contributed by atoms with Crippen molar-refractivity contribution in [3.8, 4) is 0 Å². The van der Waals surface area contributed by atoms with Crippen LogP contribution in [0, 0.1) is 0 Å². The molecule has 114 valence electrons. The maximum atomic E-state index is 12.4. The number of amides is 2. The van der Waals surface area contributed by atoms with Crippen molar-refractivity contribution in [2.75, 3.05) is 18.5 Å². The molecule has 2 amide bonds. The highest BCUT2D eigenvalue weighted by Crippen LogP contribution is 2.29. The Bertz CT molecular complexity index is 516. The molecule has 0 aromatic heterocycles. The third kappa shape index (κ3) is 4.78. The van der Waals surface area contributed by atoms with Crippen LogP contribution >= 0.6 is 0 Å². The summed E-state index contributed by atoms with van der Waals surface area (Å²) in [5.41, 5.74) is 0.618. The third-order valence-electron chi connectivity index (χ3n) is 3.01. The van der Waals surface area contributed by atoms with Gasteiger partial charge in [-0.3, -0.25) is 0 Å². The predicted molar refractivity (Wildman–Crippen MR) is 71.7 cm³/mol. The van der Waals surface area contributed by atoms with E-state index in [1.54, 1.807) is 6.20 Å². The number of alkyl halides is 3. The molecule has 4 nitrogen and oxygen atoms in total. The summed E-state index contributed by atoms with van der Waals surface area (Å²) in [5, 5.41) is 5.02. The minimum Gasteiger partial charge on any atom is -0.381 e. The van der Waals surface area contributed by atoms with Crippen molar-refractivity contribution in [2.24, 2.45) is 0 Å². The first-order valence-corrected chi connectivity index (χ1v) is 6.45. The van der Waals surface area contributed by atoms with Crippen LogP contribution in [-0.2, 0) is 10.9 Å². The van der Waals surface area contributed by atoms with Gasteiger partial charge < -0.3 is 15.4 Å². The fourth-order valence-electron chi connectivity index (χ4n) is 1.86. The average Bonchev–Trinajstić information content (AvgIpc) is 2.46. The number of nitrogens with one attached hydrogen (secondary N) is 2. The van der Waals surface area contributed by atoms with E-state index in [1.165, 1.54) is 12.1 Å². The zero-order valence-corrected chi connectivity index (χ0v) is 11.2. The second kappa shape index (κ2) is 6.62. The summed E-state index contributed by atoms with van der Waals surface area (Å²) in [6.07, 6.45) is -1.24. The molecular weight excluding hydrogens is 285 g/mol. The maximum Gasteiger partial charge on any atom is 0.416 e. The van der Waals surface area contributed by atoms with Crippen molar-refractivity contribution in [3.63, 3.8) is 0 Å². The lowest BCUT2D eigenvalue weighted by Crippen LogP contribution is -2.25. The van der Waals surface area contributed by atoms with Gasteiger partial charge in [-0.05, 0) is 42.7 Å². The van der Waals surface area contributed by atoms with Gasteiger partial charge >= 0.3 is 12.2 Å². The van der Waals surface area contributed by atoms with Gasteiger partial charge in [0.05, 0.1) is 18.8 Å². The summed E-state index contributed by atoms with van der Waals surface area (Å²) in [5.74, 6) is 0. The molecule has 0 unspecified atom stereocenters. The summed E-state index contributed by atoms with van der Waals surface area (Å²) in [7, 11) is 0. The first-order chi connectivity index (χ1) is 9.95. The van der Waals surface area contributed by atoms with Crippen LogP contribution in [0.3, 0.4) is 0 Å². The Morgan fingerprint density at radius 3 is 2.33 bits per heavy atom. The SMILES string of the molecule is O=C(NC=C1CCOCC1)Nc1ccc(C(F)(F)F)cc1. The van der Waals surface area contributed by atoms with Gasteiger partial charge in [-0.2, -0.15) is 13.2 Å². The van der Waals surface area contributed by atoms with Crippen molar-refractivity contribution >= 4 is 11.7 Å². The van der Waals surface area contributed by atoms with Crippen LogP contribution in [-0.4, -0.2) is 19.2 Å². The summed E-state index contributed by atoms with van der Waals surface area (Å²) >= 11 is 0. The molecule has 1 fully saturated rings. The molecule has 0 saturated carbocycles. The molecule has 1 aliphatic rings. The molecule has 0 bridgehead atoms. The number of benzene rings is 1. The predicted octanol–water partition coefficient (Wildman–Crippen LogP) is 3.52. The van der Waals surface area contributed by atoms with E-state index < -0.39 is 17.8 Å². The Hall–Kier alpha value is -2.02. The number of hydrogen-bond donors (Lipinski definition) is 2. The Morgan fingerprint density at radius 2 is 1.76 bits per heavy atom. The Labute approximate surface area is 120 Å². The summed E-state index contributed by atoms with van der Waals surface area (Å²) in [4.78, 5) is 11.6. The summed E-state index contributed by atoms with van der Waals surface area (Å²) < 4.78 is 42.4. The van der Waals surface area contributed by atoms with E-state index in [1.807, 2.05) is 0 Å². The Morgan fingerprint density at radius 1 is 1.14 bits per heavy atom. The van der Waals surface area contributed by atoms with Gasteiger partial charge in [-0.15, -0.1) is 0 Å². The monoisotopic (exact) mass is 300 g/mol. The molecule has 0 aliphatic carbocycles. The van der Waals surface area contributed by atoms with E-state index in [-0.39, 0.29) is 0 Å². The number of ether oxygens (including phenoxy) is 1. The number of anilines is 1. The van der Waals surface area contributed by atoms with Crippen molar-refractivity contribution < 1.29 is 22.7 Å². The van der Waals surface area contributed by atoms with Crippen molar-refractivity contribution in [1.29, 1.82) is 0 Å². The zero-order chi connectivity index (χ0) is 15.3. The van der Waals surface area contributed by atoms with Gasteiger partial charge in [0.15, 0.2) is 0 Å². The van der Waals surface area contributed by atoms with E-state index in [0.717, 1.165) is 30.5 Å². The highest BCUT2D eigenvalue weighted by atomic mass is 19.4. The fourth-order valence-corrected chi connectivity index (χ4v) is 1.86. The summed E-state index contributed by atoms with van der Waals surface area (Å²) in [6.45, 7) is 1.27. The minimum atomic E-state index is -4.38. The lowest BCUT2D eigenvalue weighted by Gasteiger charge is -2.14. The molecule has 7 heteroatoms. The van der Waals surface area contributed by atoms with Gasteiger partial charge in [-0.1, -0.05) is 0 Å². The average molecular weight is 300 g/mol. The standard InChI is InChI=1S/C14H15F3N2O2/c15-14(16,17)11-1-3-12(4-2-11)19-13(20)18-9-10-5-7-21-8-6-10/h1-4,9H,5-8H2,(H2,18,19,20). The molecule has 0 radical (unpaired) electrons. The molecule has 21 heavy (non-hydrogen) atoms. The van der Waals surface area contributed by atoms with E-state index in [4.69, 9.17) is 4.74 Å². The number of halogens is 3. The van der Waals surface area contributed by atoms with E-state index in [9.17, 15) is 18.0 Å². The zero-order valence-electron chi connectivity index (χ0n) is 11.2. The van der Waals surface area contributed by atoms with Crippen LogP contribution in [0.25, 0.3) is 0 Å². The Kier molecular flexibility index (Phi) is 4.85. The fraction of sp³-hybridized carbons (Fsp3) is 0.357. The van der Waals surface area contributed by atoms with Gasteiger partial charge in [0, 0.05) is 11.9 Å². The molecule has 1 saturated heterocycles. The largest absolute Gasteiger partial charge is 0.416 e. The molecular formula is C14H15F3N2O2. The molecule has 1 aromatic carbocycles. The second-order valence-corrected chi connectivity index (χ2v) is 4.59. The van der Waals surface area contributed by atoms with Gasteiger partial charge in [0.25, 0.3) is 0 Å². The van der Waals surface area contributed by atoms with Gasteiger partial charge in [0.2, 0.25) is 0 Å². The highest BCUT2D eigenvalue weighted by molar-refractivity contribution is 5.89. The molecule has 0 atom stereocenters. The minimum absolute atomic E-state index is 0.297. The van der Waals surface area contributed by atoms with E-state index in [0.29, 0.717) is 18.9 Å². The lowest BCUT2D eigenvalue weighted by atomic mass is 10.1. The maximum absolute atomic E-state index is 12.4. The third-order valence-corrected chi connectivity index (χ3v) is 3.01. The van der Waals surface area contributed by atoms with Crippen LogP contribution in [0.2, 0.25) is 0 Å². The van der Waals surface area contributed by atoms with Crippen LogP contribution in [0.5, 0.6) is 0 Å². The highest BCUT2D eigenvalue weighted by Gasteiger charge is 2.29. The molecule has 2 rings (SSSR count). The molecule has 1 aromatic rings. The summed E-state index contributed by atoms with van der Waals surface area (Å²) in [6, 6.07) is 3.78. The van der Waals surface area contributed by atoms with Crippen LogP contribution in [0.15, 0.2) is 36.0 Å². The number of carbonyl (C=O) groups is 1. The smallest absolute Gasteiger partial charge is 0.381 e. The Balaban J connectivity index is 1.87. The van der Waals surface area contributed by atoms with Gasteiger partial charge in [0.1, 0.15) is 0 Å². The molecule has 0 spiro atoms. The molecule has 2 N–H and O–H groups in total. The van der Waals surface area contributed by atoms with Crippen molar-refractivity contribution in [3.05, 3.63) is 41.6 Å². The van der Waals surface area contributed by atoms with Crippen molar-refractivity contribution in [2.45, 2.75) is 19.0 Å². The van der Waals surface area contributed by atoms with Crippen LogP contribution in [0.4, 0.5) is 23.7 Å². The number of hydrogen-bond acceptors (Lipinski definition) is 2. The first-order valence-electron chi connectivity index (χ1n) is 6.45. The number of urea groups is 1. The number of rotatable bonds is 2. The first kappa shape index (κ1) is 15.4. The topological polar surface area (TPSA) is 50.4 Å². The van der Waals surface area contributed by atoms with E-state index in [2.05, 4.69) is 10.6 Å². The molecule has 1 aliphatic heterocycles. The number of carbonyl (C=O) groups excluding carboxylic acids is 1. The normalized spacial score (nSPS) is 15.5.